The number of Topliss-reactive ketones (excluding diaryl/α,β-unsaturated/α-hetero) is 2. The molecule has 0 saturated heterocycles. The zero-order valence-corrected chi connectivity index (χ0v) is 7.34. The lowest BCUT2D eigenvalue weighted by molar-refractivity contribution is -0.127. The molecule has 0 unspecified atom stereocenters. The third-order valence-electron chi connectivity index (χ3n) is 1.51. The molecule has 0 heterocycles. The molecule has 3 nitrogen and oxygen atoms in total. The van der Waals surface area contributed by atoms with Crippen molar-refractivity contribution in [2.75, 3.05) is 0 Å². The number of unbranched alkanes of at least 4 members (excludes halogenated alkanes) is 1. The number of carbonyl (C=O) groups is 3. The molecular formula is C9H14O3. The van der Waals surface area contributed by atoms with E-state index in [2.05, 4.69) is 0 Å². The van der Waals surface area contributed by atoms with E-state index < -0.39 is 0 Å². The molecule has 0 fully saturated rings. The van der Waals surface area contributed by atoms with Gasteiger partial charge in [-0.25, -0.2) is 0 Å². The van der Waals surface area contributed by atoms with Crippen molar-refractivity contribution in [1.29, 1.82) is 0 Å². The highest BCUT2D eigenvalue weighted by Gasteiger charge is 2.07. The predicted molar refractivity (Wildman–Crippen MR) is 44.8 cm³/mol. The van der Waals surface area contributed by atoms with E-state index in [4.69, 9.17) is 0 Å². The fourth-order valence-corrected chi connectivity index (χ4v) is 0.847. The topological polar surface area (TPSA) is 51.2 Å². The van der Waals surface area contributed by atoms with Crippen molar-refractivity contribution in [3.05, 3.63) is 0 Å². The van der Waals surface area contributed by atoms with E-state index in [9.17, 15) is 14.4 Å². The molecule has 0 saturated carbocycles. The Kier molecular flexibility index (Phi) is 6.15. The number of hydrogen-bond donors (Lipinski definition) is 0. The van der Waals surface area contributed by atoms with Crippen LogP contribution in [0, 0.1) is 0 Å². The summed E-state index contributed by atoms with van der Waals surface area (Å²) < 4.78 is 0. The fraction of sp³-hybridized carbons (Fsp3) is 0.667. The molecule has 12 heavy (non-hydrogen) atoms. The second kappa shape index (κ2) is 6.70. The van der Waals surface area contributed by atoms with Gasteiger partial charge in [0, 0.05) is 6.42 Å². The van der Waals surface area contributed by atoms with Crippen LogP contribution >= 0.6 is 0 Å². The summed E-state index contributed by atoms with van der Waals surface area (Å²) in [5.41, 5.74) is 0. The molecule has 0 aliphatic heterocycles. The summed E-state index contributed by atoms with van der Waals surface area (Å²) in [4.78, 5) is 31.6. The Hall–Kier alpha value is -0.990. The van der Waals surface area contributed by atoms with E-state index in [1.54, 1.807) is 0 Å². The van der Waals surface area contributed by atoms with Gasteiger partial charge < -0.3 is 4.79 Å². The summed E-state index contributed by atoms with van der Waals surface area (Å²) in [7, 11) is 0. The number of rotatable bonds is 7. The molecule has 0 aromatic rings. The van der Waals surface area contributed by atoms with Gasteiger partial charge in [-0.3, -0.25) is 9.59 Å². The minimum Gasteiger partial charge on any atom is -0.303 e. The zero-order chi connectivity index (χ0) is 9.40. The Bertz CT molecular complexity index is 173. The smallest absolute Gasteiger partial charge is 0.147 e. The van der Waals surface area contributed by atoms with Gasteiger partial charge in [0.05, 0.1) is 12.8 Å². The number of aldehydes is 1. The SMILES string of the molecule is CCCCC(=O)CC(=O)CC=O. The highest BCUT2D eigenvalue weighted by atomic mass is 16.2. The fourth-order valence-electron chi connectivity index (χ4n) is 0.847. The Morgan fingerprint density at radius 1 is 1.25 bits per heavy atom. The molecule has 0 aliphatic carbocycles. The van der Waals surface area contributed by atoms with Crippen LogP contribution < -0.4 is 0 Å². The lowest BCUT2D eigenvalue weighted by Crippen LogP contribution is -2.07. The lowest BCUT2D eigenvalue weighted by atomic mass is 10.1. The molecule has 68 valence electrons. The molecule has 0 amide bonds. The van der Waals surface area contributed by atoms with Crippen molar-refractivity contribution in [3.63, 3.8) is 0 Å². The van der Waals surface area contributed by atoms with E-state index >= 15 is 0 Å². The van der Waals surface area contributed by atoms with Gasteiger partial charge in [-0.15, -0.1) is 0 Å². The normalized spacial score (nSPS) is 9.42. The number of carbonyl (C=O) groups excluding carboxylic acids is 3. The highest BCUT2D eigenvalue weighted by Crippen LogP contribution is 1.99. The molecule has 0 N–H and O–H groups in total. The van der Waals surface area contributed by atoms with Crippen molar-refractivity contribution in [1.82, 2.24) is 0 Å². The predicted octanol–water partition coefficient (Wildman–Crippen LogP) is 1.29. The molecule has 0 rings (SSSR count). The van der Waals surface area contributed by atoms with Gasteiger partial charge in [0.1, 0.15) is 17.9 Å². The van der Waals surface area contributed by atoms with E-state index in [0.29, 0.717) is 12.7 Å². The van der Waals surface area contributed by atoms with Crippen LogP contribution in [0.5, 0.6) is 0 Å². The first-order valence-corrected chi connectivity index (χ1v) is 4.17. The standard InChI is InChI=1S/C9H14O3/c1-2-3-4-8(11)7-9(12)5-6-10/h6H,2-5,7H2,1H3. The summed E-state index contributed by atoms with van der Waals surface area (Å²) in [6, 6.07) is 0. The molecular weight excluding hydrogens is 156 g/mol. The van der Waals surface area contributed by atoms with Crippen LogP contribution in [-0.4, -0.2) is 17.9 Å². The first-order valence-electron chi connectivity index (χ1n) is 4.17. The van der Waals surface area contributed by atoms with Crippen LogP contribution in [0.15, 0.2) is 0 Å². The quantitative estimate of drug-likeness (QED) is 0.427. The van der Waals surface area contributed by atoms with Crippen molar-refractivity contribution < 1.29 is 14.4 Å². The molecule has 0 aromatic carbocycles. The second-order valence-electron chi connectivity index (χ2n) is 2.73. The second-order valence-corrected chi connectivity index (χ2v) is 2.73. The number of hydrogen-bond acceptors (Lipinski definition) is 3. The minimum atomic E-state index is -0.272. The Labute approximate surface area is 72.1 Å². The van der Waals surface area contributed by atoms with Crippen molar-refractivity contribution >= 4 is 17.9 Å². The molecule has 0 bridgehead atoms. The van der Waals surface area contributed by atoms with Gasteiger partial charge in [0.25, 0.3) is 0 Å². The van der Waals surface area contributed by atoms with Gasteiger partial charge in [-0.2, -0.15) is 0 Å². The summed E-state index contributed by atoms with van der Waals surface area (Å²) in [6.07, 6.45) is 2.58. The zero-order valence-electron chi connectivity index (χ0n) is 7.34. The van der Waals surface area contributed by atoms with Gasteiger partial charge in [0.2, 0.25) is 0 Å². The third-order valence-corrected chi connectivity index (χ3v) is 1.51. The summed E-state index contributed by atoms with van der Waals surface area (Å²) in [5.74, 6) is -0.324. The van der Waals surface area contributed by atoms with Crippen molar-refractivity contribution in [3.8, 4) is 0 Å². The van der Waals surface area contributed by atoms with Gasteiger partial charge in [-0.05, 0) is 6.42 Å². The van der Waals surface area contributed by atoms with Crippen molar-refractivity contribution in [2.24, 2.45) is 0 Å². The maximum absolute atomic E-state index is 11.0. The first-order chi connectivity index (χ1) is 5.70. The van der Waals surface area contributed by atoms with E-state index in [-0.39, 0.29) is 24.4 Å². The highest BCUT2D eigenvalue weighted by molar-refractivity contribution is 6.03. The molecule has 0 aromatic heterocycles. The average molecular weight is 170 g/mol. The van der Waals surface area contributed by atoms with Crippen LogP contribution in [-0.2, 0) is 14.4 Å². The third kappa shape index (κ3) is 5.77. The Morgan fingerprint density at radius 3 is 2.42 bits per heavy atom. The minimum absolute atomic E-state index is 0.0521. The summed E-state index contributed by atoms with van der Waals surface area (Å²) in [6.45, 7) is 1.99. The van der Waals surface area contributed by atoms with E-state index in [1.165, 1.54) is 0 Å². The van der Waals surface area contributed by atoms with Crippen LogP contribution in [0.25, 0.3) is 0 Å². The monoisotopic (exact) mass is 170 g/mol. The van der Waals surface area contributed by atoms with Crippen LogP contribution in [0.1, 0.15) is 39.0 Å². The van der Waals surface area contributed by atoms with Gasteiger partial charge >= 0.3 is 0 Å². The summed E-state index contributed by atoms with van der Waals surface area (Å²) in [5, 5.41) is 0. The molecule has 0 radical (unpaired) electrons. The Balaban J connectivity index is 3.54. The molecule has 0 spiro atoms. The van der Waals surface area contributed by atoms with Crippen molar-refractivity contribution in [2.45, 2.75) is 39.0 Å². The van der Waals surface area contributed by atoms with Gasteiger partial charge in [-0.1, -0.05) is 13.3 Å². The Morgan fingerprint density at radius 2 is 1.92 bits per heavy atom. The maximum Gasteiger partial charge on any atom is 0.147 e. The largest absolute Gasteiger partial charge is 0.303 e. The molecule has 0 atom stereocenters. The maximum atomic E-state index is 11.0. The molecule has 0 aliphatic rings. The van der Waals surface area contributed by atoms with E-state index in [0.717, 1.165) is 12.8 Å². The van der Waals surface area contributed by atoms with Crippen LogP contribution in [0.4, 0.5) is 0 Å². The van der Waals surface area contributed by atoms with E-state index in [1.807, 2.05) is 6.92 Å². The van der Waals surface area contributed by atoms with Crippen LogP contribution in [0.2, 0.25) is 0 Å². The van der Waals surface area contributed by atoms with Gasteiger partial charge in [0.15, 0.2) is 0 Å². The average Bonchev–Trinajstić information content (AvgIpc) is 2.01. The molecule has 3 heteroatoms. The lowest BCUT2D eigenvalue weighted by Gasteiger charge is -1.95. The first kappa shape index (κ1) is 11.0. The number of ketones is 2. The summed E-state index contributed by atoms with van der Waals surface area (Å²) >= 11 is 0. The van der Waals surface area contributed by atoms with Crippen LogP contribution in [0.3, 0.4) is 0 Å².